The highest BCUT2D eigenvalue weighted by molar-refractivity contribution is 5.25. The van der Waals surface area contributed by atoms with E-state index in [1.165, 1.54) is 0 Å². The first-order valence-electron chi connectivity index (χ1n) is 3.03. The van der Waals surface area contributed by atoms with E-state index in [-0.39, 0.29) is 0 Å². The van der Waals surface area contributed by atoms with Crippen LogP contribution in [0.15, 0.2) is 12.1 Å². The van der Waals surface area contributed by atoms with Gasteiger partial charge in [-0.05, 0) is 0 Å². The summed E-state index contributed by atoms with van der Waals surface area (Å²) in [5.41, 5.74) is 0. The zero-order valence-electron chi connectivity index (χ0n) is 5.85. The van der Waals surface area contributed by atoms with Gasteiger partial charge in [-0.2, -0.15) is 0 Å². The molecule has 1 aromatic carbocycles. The summed E-state index contributed by atoms with van der Waals surface area (Å²) >= 11 is 0. The molecule has 0 atom stereocenters. The molecule has 0 amide bonds. The van der Waals surface area contributed by atoms with Crippen molar-refractivity contribution in [1.82, 2.24) is 0 Å². The average Bonchev–Trinajstić information content (AvgIpc) is 2.01. The lowest BCUT2D eigenvalue weighted by molar-refractivity contribution is 0.0938. The largest absolute Gasteiger partial charge is 0.465 e. The number of hydrogen-bond acceptors (Lipinski definition) is 2. The Morgan fingerprint density at radius 3 is 2.25 bits per heavy atom. The predicted octanol–water partition coefficient (Wildman–Crippen LogP) is 1.43. The molecule has 0 heterocycles. The summed E-state index contributed by atoms with van der Waals surface area (Å²) in [6, 6.07) is 0.876. The van der Waals surface area contributed by atoms with Crippen LogP contribution in [0.4, 0.5) is 13.2 Å². The summed E-state index contributed by atoms with van der Waals surface area (Å²) in [7, 11) is 0. The van der Waals surface area contributed by atoms with E-state index in [0.29, 0.717) is 12.1 Å². The van der Waals surface area contributed by atoms with Gasteiger partial charge in [-0.1, -0.05) is 0 Å². The Hall–Kier alpha value is -1.23. The molecule has 1 aromatic rings. The number of aliphatic hydroxyl groups is 1. The summed E-state index contributed by atoms with van der Waals surface area (Å²) in [5.74, 6) is -4.09. The molecule has 0 fully saturated rings. The molecule has 0 aliphatic heterocycles. The standard InChI is InChI=1S/C7H5F3O2/c8-4-1-6(10)7(12-3-11)2-5(4)9/h1-2,11H,3H2. The van der Waals surface area contributed by atoms with E-state index in [1.807, 2.05) is 0 Å². The van der Waals surface area contributed by atoms with Crippen LogP contribution in [0.5, 0.6) is 5.75 Å². The van der Waals surface area contributed by atoms with E-state index in [2.05, 4.69) is 4.74 Å². The van der Waals surface area contributed by atoms with Crippen LogP contribution in [0.1, 0.15) is 0 Å². The first-order valence-corrected chi connectivity index (χ1v) is 3.03. The van der Waals surface area contributed by atoms with Gasteiger partial charge >= 0.3 is 0 Å². The summed E-state index contributed by atoms with van der Waals surface area (Å²) in [6.45, 7) is -0.790. The van der Waals surface area contributed by atoms with E-state index >= 15 is 0 Å². The molecule has 0 aliphatic rings. The molecule has 0 aromatic heterocycles. The van der Waals surface area contributed by atoms with Crippen LogP contribution in [0.2, 0.25) is 0 Å². The van der Waals surface area contributed by atoms with Crippen LogP contribution in [-0.2, 0) is 0 Å². The van der Waals surface area contributed by atoms with E-state index in [1.54, 1.807) is 0 Å². The van der Waals surface area contributed by atoms with Gasteiger partial charge in [0.15, 0.2) is 30.0 Å². The Morgan fingerprint density at radius 2 is 1.67 bits per heavy atom. The van der Waals surface area contributed by atoms with Crippen LogP contribution in [0.3, 0.4) is 0 Å². The normalized spacial score (nSPS) is 10.0. The van der Waals surface area contributed by atoms with Gasteiger partial charge in [0.1, 0.15) is 0 Å². The maximum atomic E-state index is 12.6. The molecule has 1 N–H and O–H groups in total. The second kappa shape index (κ2) is 3.44. The molecular weight excluding hydrogens is 173 g/mol. The SMILES string of the molecule is OCOc1cc(F)c(F)cc1F. The highest BCUT2D eigenvalue weighted by atomic mass is 19.2. The van der Waals surface area contributed by atoms with Gasteiger partial charge in [-0.25, -0.2) is 13.2 Å². The molecule has 0 aliphatic carbocycles. The summed E-state index contributed by atoms with van der Waals surface area (Å²) < 4.78 is 41.5. The third-order valence-corrected chi connectivity index (χ3v) is 1.19. The first kappa shape index (κ1) is 8.86. The quantitative estimate of drug-likeness (QED) is 0.548. The van der Waals surface area contributed by atoms with E-state index in [9.17, 15) is 13.2 Å². The molecule has 0 radical (unpaired) electrons. The summed E-state index contributed by atoms with van der Waals surface area (Å²) in [4.78, 5) is 0. The van der Waals surface area contributed by atoms with Crippen molar-refractivity contribution in [3.63, 3.8) is 0 Å². The van der Waals surface area contributed by atoms with Crippen molar-refractivity contribution in [3.05, 3.63) is 29.6 Å². The molecule has 66 valence electrons. The van der Waals surface area contributed by atoms with Gasteiger partial charge in [0.25, 0.3) is 0 Å². The molecule has 0 unspecified atom stereocenters. The number of halogens is 3. The Kier molecular flexibility index (Phi) is 2.54. The van der Waals surface area contributed by atoms with Crippen LogP contribution < -0.4 is 4.74 Å². The zero-order valence-corrected chi connectivity index (χ0v) is 5.85. The second-order valence-electron chi connectivity index (χ2n) is 1.97. The fourth-order valence-electron chi connectivity index (χ4n) is 0.684. The summed E-state index contributed by atoms with van der Waals surface area (Å²) in [5, 5.41) is 8.20. The number of hydrogen-bond donors (Lipinski definition) is 1. The predicted molar refractivity (Wildman–Crippen MR) is 34.0 cm³/mol. The maximum absolute atomic E-state index is 12.6. The minimum absolute atomic E-state index is 0.348. The number of ether oxygens (including phenoxy) is 1. The van der Waals surface area contributed by atoms with Crippen molar-refractivity contribution in [2.45, 2.75) is 0 Å². The Balaban J connectivity index is 3.05. The smallest absolute Gasteiger partial charge is 0.186 e. The Morgan fingerprint density at radius 1 is 1.08 bits per heavy atom. The zero-order chi connectivity index (χ0) is 9.14. The van der Waals surface area contributed by atoms with Crippen LogP contribution in [0, 0.1) is 17.5 Å². The van der Waals surface area contributed by atoms with Gasteiger partial charge in [0.05, 0.1) is 0 Å². The van der Waals surface area contributed by atoms with Crippen molar-refractivity contribution < 1.29 is 23.0 Å². The average molecular weight is 178 g/mol. The van der Waals surface area contributed by atoms with Crippen molar-refractivity contribution in [1.29, 1.82) is 0 Å². The van der Waals surface area contributed by atoms with E-state index < -0.39 is 30.0 Å². The minimum atomic E-state index is -1.29. The van der Waals surface area contributed by atoms with Crippen LogP contribution in [0.25, 0.3) is 0 Å². The second-order valence-corrected chi connectivity index (χ2v) is 1.97. The summed E-state index contributed by atoms with van der Waals surface area (Å²) in [6.07, 6.45) is 0. The molecule has 1 rings (SSSR count). The van der Waals surface area contributed by atoms with E-state index in [0.717, 1.165) is 0 Å². The molecule has 5 heteroatoms. The number of benzene rings is 1. The maximum Gasteiger partial charge on any atom is 0.186 e. The fraction of sp³-hybridized carbons (Fsp3) is 0.143. The van der Waals surface area contributed by atoms with Crippen LogP contribution >= 0.6 is 0 Å². The molecule has 2 nitrogen and oxygen atoms in total. The van der Waals surface area contributed by atoms with Crippen molar-refractivity contribution in [2.24, 2.45) is 0 Å². The number of rotatable bonds is 2. The van der Waals surface area contributed by atoms with Gasteiger partial charge in [0, 0.05) is 12.1 Å². The highest BCUT2D eigenvalue weighted by Crippen LogP contribution is 2.20. The van der Waals surface area contributed by atoms with E-state index in [4.69, 9.17) is 5.11 Å². The van der Waals surface area contributed by atoms with Crippen molar-refractivity contribution in [2.75, 3.05) is 6.79 Å². The lowest BCUT2D eigenvalue weighted by atomic mass is 10.3. The van der Waals surface area contributed by atoms with Crippen molar-refractivity contribution in [3.8, 4) is 5.75 Å². The Labute approximate surface area is 66.2 Å². The molecule has 0 saturated heterocycles. The van der Waals surface area contributed by atoms with Gasteiger partial charge in [-0.3, -0.25) is 0 Å². The lowest BCUT2D eigenvalue weighted by Gasteiger charge is -2.03. The first-order chi connectivity index (χ1) is 5.65. The van der Waals surface area contributed by atoms with Crippen molar-refractivity contribution >= 4 is 0 Å². The van der Waals surface area contributed by atoms with Crippen LogP contribution in [-0.4, -0.2) is 11.9 Å². The van der Waals surface area contributed by atoms with Gasteiger partial charge < -0.3 is 9.84 Å². The molecule has 0 spiro atoms. The third-order valence-electron chi connectivity index (χ3n) is 1.19. The minimum Gasteiger partial charge on any atom is -0.465 e. The van der Waals surface area contributed by atoms with Gasteiger partial charge in [0.2, 0.25) is 0 Å². The van der Waals surface area contributed by atoms with Gasteiger partial charge in [-0.15, -0.1) is 0 Å². The molecule has 0 bridgehead atoms. The Bertz CT molecular complexity index is 288. The lowest BCUT2D eigenvalue weighted by Crippen LogP contribution is -1.99. The number of aliphatic hydroxyl groups excluding tert-OH is 1. The fourth-order valence-corrected chi connectivity index (χ4v) is 0.684. The molecule has 0 saturated carbocycles. The third kappa shape index (κ3) is 1.68. The molecule has 12 heavy (non-hydrogen) atoms. The highest BCUT2D eigenvalue weighted by Gasteiger charge is 2.09. The monoisotopic (exact) mass is 178 g/mol. The topological polar surface area (TPSA) is 29.5 Å². The molecular formula is C7H5F3O2.